The minimum absolute atomic E-state index is 0.146. The molecule has 1 atom stereocenters. The van der Waals surface area contributed by atoms with Crippen molar-refractivity contribution in [3.05, 3.63) is 82.1 Å². The first-order valence-corrected chi connectivity index (χ1v) is 11.5. The number of imidazole rings is 1. The minimum Gasteiger partial charge on any atom is -0.469 e. The van der Waals surface area contributed by atoms with E-state index in [0.29, 0.717) is 40.7 Å². The molecular formula is C26H27ClFN3O3. The van der Waals surface area contributed by atoms with E-state index in [1.54, 1.807) is 30.3 Å². The van der Waals surface area contributed by atoms with Crippen molar-refractivity contribution in [2.75, 3.05) is 7.11 Å². The summed E-state index contributed by atoms with van der Waals surface area (Å²) in [5, 5.41) is 0.508. The number of halogens is 2. The van der Waals surface area contributed by atoms with Gasteiger partial charge in [0.2, 0.25) is 0 Å². The van der Waals surface area contributed by atoms with Crippen molar-refractivity contribution in [2.45, 2.75) is 51.9 Å². The average Bonchev–Trinajstić information content (AvgIpc) is 3.17. The van der Waals surface area contributed by atoms with Crippen LogP contribution in [0, 0.1) is 5.82 Å². The summed E-state index contributed by atoms with van der Waals surface area (Å²) in [6, 6.07) is 11.4. The van der Waals surface area contributed by atoms with Gasteiger partial charge in [-0.15, -0.1) is 0 Å². The molecule has 1 aromatic heterocycles. The van der Waals surface area contributed by atoms with Crippen LogP contribution in [0.4, 0.5) is 4.39 Å². The van der Waals surface area contributed by atoms with Gasteiger partial charge >= 0.3 is 5.97 Å². The van der Waals surface area contributed by atoms with Crippen LogP contribution in [-0.4, -0.2) is 33.9 Å². The van der Waals surface area contributed by atoms with Crippen molar-refractivity contribution in [1.82, 2.24) is 9.55 Å². The Morgan fingerprint density at radius 1 is 1.18 bits per heavy atom. The summed E-state index contributed by atoms with van der Waals surface area (Å²) in [5.41, 5.74) is 2.68. The Hall–Kier alpha value is -3.03. The number of aliphatic imine (C=N–C) groups is 1. The summed E-state index contributed by atoms with van der Waals surface area (Å²) >= 11 is 6.36. The molecule has 0 N–H and O–H groups in total. The zero-order chi connectivity index (χ0) is 24.5. The van der Waals surface area contributed by atoms with Crippen molar-refractivity contribution >= 4 is 23.3 Å². The second-order valence-corrected chi connectivity index (χ2v) is 9.55. The van der Waals surface area contributed by atoms with Gasteiger partial charge in [0.25, 0.3) is 0 Å². The first-order chi connectivity index (χ1) is 16.2. The molecule has 4 rings (SSSR count). The first kappa shape index (κ1) is 24.1. The van der Waals surface area contributed by atoms with E-state index in [4.69, 9.17) is 31.1 Å². The number of esters is 1. The van der Waals surface area contributed by atoms with E-state index in [1.807, 2.05) is 37.6 Å². The van der Waals surface area contributed by atoms with Crippen LogP contribution < -0.4 is 0 Å². The fourth-order valence-electron chi connectivity index (χ4n) is 3.84. The Kier molecular flexibility index (Phi) is 6.86. The fourth-order valence-corrected chi connectivity index (χ4v) is 4.01. The molecule has 0 spiro atoms. The van der Waals surface area contributed by atoms with Gasteiger partial charge in [0, 0.05) is 28.8 Å². The molecule has 0 radical (unpaired) electrons. The average molecular weight is 484 g/mol. The topological polar surface area (TPSA) is 65.7 Å². The van der Waals surface area contributed by atoms with Gasteiger partial charge in [-0.25, -0.2) is 9.37 Å². The number of aromatic nitrogens is 2. The maximum Gasteiger partial charge on any atom is 0.305 e. The molecule has 34 heavy (non-hydrogen) atoms. The van der Waals surface area contributed by atoms with Crippen LogP contribution in [0.15, 0.2) is 53.7 Å². The van der Waals surface area contributed by atoms with Crippen LogP contribution in [0.25, 0.3) is 5.69 Å². The van der Waals surface area contributed by atoms with E-state index in [9.17, 15) is 9.18 Å². The van der Waals surface area contributed by atoms with E-state index in [0.717, 1.165) is 11.4 Å². The summed E-state index contributed by atoms with van der Waals surface area (Å²) in [5.74, 6) is -0.0918. The smallest absolute Gasteiger partial charge is 0.305 e. The SMILES string of the molecule is COC(=O)CC[C@@H]1N=C(c2ccccc2F)c2cc(Cl)ccc2-n2cc(COC(C)(C)C)nc21. The summed E-state index contributed by atoms with van der Waals surface area (Å²) < 4.78 is 27.6. The van der Waals surface area contributed by atoms with Crippen molar-refractivity contribution in [3.8, 4) is 5.69 Å². The highest BCUT2D eigenvalue weighted by Crippen LogP contribution is 2.35. The van der Waals surface area contributed by atoms with Gasteiger partial charge in [-0.05, 0) is 57.5 Å². The highest BCUT2D eigenvalue weighted by Gasteiger charge is 2.29. The lowest BCUT2D eigenvalue weighted by Gasteiger charge is -2.18. The van der Waals surface area contributed by atoms with Gasteiger partial charge in [0.05, 0.1) is 36.4 Å². The molecule has 8 heteroatoms. The van der Waals surface area contributed by atoms with Crippen LogP contribution in [0.1, 0.15) is 62.3 Å². The molecule has 0 amide bonds. The van der Waals surface area contributed by atoms with E-state index in [-0.39, 0.29) is 18.0 Å². The molecule has 0 fully saturated rings. The molecule has 0 aliphatic carbocycles. The normalized spacial score (nSPS) is 15.2. The molecular weight excluding hydrogens is 457 g/mol. The van der Waals surface area contributed by atoms with Crippen LogP contribution in [0.3, 0.4) is 0 Å². The van der Waals surface area contributed by atoms with Crippen LogP contribution in [-0.2, 0) is 20.9 Å². The highest BCUT2D eigenvalue weighted by molar-refractivity contribution is 6.31. The molecule has 1 aliphatic heterocycles. The van der Waals surface area contributed by atoms with Crippen LogP contribution in [0.2, 0.25) is 5.02 Å². The lowest BCUT2D eigenvalue weighted by molar-refractivity contribution is -0.140. The predicted octanol–water partition coefficient (Wildman–Crippen LogP) is 5.83. The lowest BCUT2D eigenvalue weighted by Crippen LogP contribution is -2.18. The van der Waals surface area contributed by atoms with Crippen molar-refractivity contribution in [1.29, 1.82) is 0 Å². The number of methoxy groups -OCH3 is 1. The third-order valence-corrected chi connectivity index (χ3v) is 5.71. The van der Waals surface area contributed by atoms with E-state index < -0.39 is 11.9 Å². The first-order valence-electron chi connectivity index (χ1n) is 11.1. The number of hydrogen-bond acceptors (Lipinski definition) is 5. The Morgan fingerprint density at radius 2 is 1.94 bits per heavy atom. The number of fused-ring (bicyclic) bond motifs is 3. The summed E-state index contributed by atoms with van der Waals surface area (Å²) in [4.78, 5) is 21.7. The summed E-state index contributed by atoms with van der Waals surface area (Å²) in [6.07, 6.45) is 2.40. The molecule has 3 aromatic rings. The summed E-state index contributed by atoms with van der Waals surface area (Å²) in [7, 11) is 1.35. The number of carbonyl (C=O) groups is 1. The quantitative estimate of drug-likeness (QED) is 0.414. The van der Waals surface area contributed by atoms with Gasteiger partial charge in [-0.2, -0.15) is 0 Å². The van der Waals surface area contributed by atoms with Crippen molar-refractivity contribution in [3.63, 3.8) is 0 Å². The molecule has 0 saturated heterocycles. The molecule has 2 aromatic carbocycles. The molecule has 0 unspecified atom stereocenters. The monoisotopic (exact) mass is 483 g/mol. The number of ether oxygens (including phenoxy) is 2. The van der Waals surface area contributed by atoms with Gasteiger partial charge in [-0.3, -0.25) is 9.79 Å². The van der Waals surface area contributed by atoms with E-state index >= 15 is 0 Å². The highest BCUT2D eigenvalue weighted by atomic mass is 35.5. The standard InChI is InChI=1S/C26H27ClFN3O3/c1-26(2,3)34-15-17-14-31-22-11-9-16(27)13-19(22)24(18-7-5-6-8-20(18)28)30-21(25(31)29-17)10-12-23(32)33-4/h5-9,11,13-14,21H,10,12,15H2,1-4H3/t21-/m0/s1. The number of carbonyl (C=O) groups excluding carboxylic acids is 1. The number of hydrogen-bond donors (Lipinski definition) is 0. The van der Waals surface area contributed by atoms with Crippen LogP contribution in [0.5, 0.6) is 0 Å². The predicted molar refractivity (Wildman–Crippen MR) is 129 cm³/mol. The number of rotatable bonds is 6. The molecule has 178 valence electrons. The summed E-state index contributed by atoms with van der Waals surface area (Å²) in [6.45, 7) is 6.26. The third kappa shape index (κ3) is 5.21. The van der Waals surface area contributed by atoms with Gasteiger partial charge in [0.15, 0.2) is 0 Å². The Morgan fingerprint density at radius 3 is 2.65 bits per heavy atom. The molecule has 2 heterocycles. The fraction of sp³-hybridized carbons (Fsp3) is 0.346. The number of benzene rings is 2. The van der Waals surface area contributed by atoms with Crippen molar-refractivity contribution < 1.29 is 18.7 Å². The largest absolute Gasteiger partial charge is 0.469 e. The lowest BCUT2D eigenvalue weighted by atomic mass is 9.99. The minimum atomic E-state index is -0.511. The molecule has 0 saturated carbocycles. The molecule has 6 nitrogen and oxygen atoms in total. The maximum atomic E-state index is 14.9. The Balaban J connectivity index is 1.88. The zero-order valence-electron chi connectivity index (χ0n) is 19.6. The van der Waals surface area contributed by atoms with E-state index in [1.165, 1.54) is 13.2 Å². The third-order valence-electron chi connectivity index (χ3n) is 5.47. The second-order valence-electron chi connectivity index (χ2n) is 9.11. The van der Waals surface area contributed by atoms with Gasteiger partial charge < -0.3 is 14.0 Å². The zero-order valence-corrected chi connectivity index (χ0v) is 20.4. The van der Waals surface area contributed by atoms with Gasteiger partial charge in [-0.1, -0.05) is 23.7 Å². The molecule has 1 aliphatic rings. The van der Waals surface area contributed by atoms with Crippen molar-refractivity contribution in [2.24, 2.45) is 4.99 Å². The Labute approximate surface area is 203 Å². The van der Waals surface area contributed by atoms with Gasteiger partial charge in [0.1, 0.15) is 17.7 Å². The maximum absolute atomic E-state index is 14.9. The Bertz CT molecular complexity index is 1250. The molecule has 0 bridgehead atoms. The van der Waals surface area contributed by atoms with E-state index in [2.05, 4.69) is 0 Å². The number of nitrogens with zero attached hydrogens (tertiary/aromatic N) is 3. The van der Waals surface area contributed by atoms with Crippen LogP contribution >= 0.6 is 11.6 Å². The second kappa shape index (κ2) is 9.68.